The zero-order valence-corrected chi connectivity index (χ0v) is 16.8. The van der Waals surface area contributed by atoms with Crippen LogP contribution in [0.15, 0.2) is 47.6 Å². The summed E-state index contributed by atoms with van der Waals surface area (Å²) in [6, 6.07) is 9.75. The molecule has 28 heavy (non-hydrogen) atoms. The number of piperazine rings is 1. The molecule has 4 rings (SSSR count). The highest BCUT2D eigenvalue weighted by atomic mass is 32.1. The van der Waals surface area contributed by atoms with Crippen molar-refractivity contribution in [2.24, 2.45) is 0 Å². The Kier molecular flexibility index (Phi) is 5.43. The number of rotatable bonds is 6. The number of unbranched alkanes of at least 4 members (excludes halogenated alkanes) is 1. The highest BCUT2D eigenvalue weighted by Crippen LogP contribution is 2.34. The van der Waals surface area contributed by atoms with Crippen molar-refractivity contribution in [1.29, 1.82) is 0 Å². The molecule has 7 heteroatoms. The van der Waals surface area contributed by atoms with Crippen LogP contribution < -0.4 is 4.90 Å². The standard InChI is InChI=1S/C21H24N4O2S/c1-2-3-10-25-20(26)18(16-7-6-15-28-16)19(21(25)27)24-13-11-23(12-14-24)17-8-4-5-9-22-17/h4-9,15H,2-3,10-14H2,1H3. The van der Waals surface area contributed by atoms with E-state index in [0.29, 0.717) is 30.9 Å². The third-order valence-electron chi connectivity index (χ3n) is 5.22. The Hall–Kier alpha value is -2.67. The van der Waals surface area contributed by atoms with Crippen LogP contribution in [0.2, 0.25) is 0 Å². The van der Waals surface area contributed by atoms with Gasteiger partial charge in [0, 0.05) is 43.8 Å². The summed E-state index contributed by atoms with van der Waals surface area (Å²) < 4.78 is 0. The molecule has 2 amide bonds. The van der Waals surface area contributed by atoms with Crippen LogP contribution in [0.5, 0.6) is 0 Å². The lowest BCUT2D eigenvalue weighted by Gasteiger charge is -2.37. The summed E-state index contributed by atoms with van der Waals surface area (Å²) in [5.74, 6) is 0.657. The van der Waals surface area contributed by atoms with Crippen molar-refractivity contribution in [3.63, 3.8) is 0 Å². The van der Waals surface area contributed by atoms with E-state index in [1.165, 1.54) is 16.2 Å². The number of carbonyl (C=O) groups excluding carboxylic acids is 2. The first-order chi connectivity index (χ1) is 13.7. The number of pyridine rings is 1. The van der Waals surface area contributed by atoms with E-state index in [9.17, 15) is 9.59 Å². The summed E-state index contributed by atoms with van der Waals surface area (Å²) in [7, 11) is 0. The van der Waals surface area contributed by atoms with E-state index in [1.54, 1.807) is 6.20 Å². The van der Waals surface area contributed by atoms with E-state index in [2.05, 4.69) is 21.7 Å². The lowest BCUT2D eigenvalue weighted by molar-refractivity contribution is -0.137. The Labute approximate surface area is 169 Å². The molecular weight excluding hydrogens is 372 g/mol. The van der Waals surface area contributed by atoms with E-state index in [-0.39, 0.29) is 11.8 Å². The van der Waals surface area contributed by atoms with Crippen LogP contribution in [0.3, 0.4) is 0 Å². The second-order valence-corrected chi connectivity index (χ2v) is 7.93. The van der Waals surface area contributed by atoms with Crippen LogP contribution in [0, 0.1) is 0 Å². The molecule has 0 radical (unpaired) electrons. The van der Waals surface area contributed by atoms with Crippen molar-refractivity contribution in [3.05, 3.63) is 52.5 Å². The number of anilines is 1. The smallest absolute Gasteiger partial charge is 0.277 e. The Bertz CT molecular complexity index is 871. The van der Waals surface area contributed by atoms with Gasteiger partial charge < -0.3 is 9.80 Å². The second-order valence-electron chi connectivity index (χ2n) is 6.98. The fourth-order valence-corrected chi connectivity index (χ4v) is 4.48. The van der Waals surface area contributed by atoms with Crippen LogP contribution in [0.1, 0.15) is 24.6 Å². The molecule has 2 aromatic rings. The van der Waals surface area contributed by atoms with E-state index < -0.39 is 0 Å². The van der Waals surface area contributed by atoms with Gasteiger partial charge in [0.05, 0.1) is 5.57 Å². The van der Waals surface area contributed by atoms with Gasteiger partial charge in [-0.1, -0.05) is 25.5 Å². The number of aromatic nitrogens is 1. The number of hydrogen-bond acceptors (Lipinski definition) is 6. The summed E-state index contributed by atoms with van der Waals surface area (Å²) in [5.41, 5.74) is 1.15. The third kappa shape index (κ3) is 3.42. The van der Waals surface area contributed by atoms with Crippen molar-refractivity contribution in [2.75, 3.05) is 37.6 Å². The zero-order valence-electron chi connectivity index (χ0n) is 16.0. The average molecular weight is 397 g/mol. The molecule has 4 heterocycles. The minimum atomic E-state index is -0.150. The predicted molar refractivity (Wildman–Crippen MR) is 111 cm³/mol. The van der Waals surface area contributed by atoms with Gasteiger partial charge in [-0.2, -0.15) is 0 Å². The average Bonchev–Trinajstić information content (AvgIpc) is 3.34. The SMILES string of the molecule is CCCCN1C(=O)C(c2cccs2)=C(N2CCN(c3ccccn3)CC2)C1=O. The van der Waals surface area contributed by atoms with Crippen molar-refractivity contribution in [1.82, 2.24) is 14.8 Å². The van der Waals surface area contributed by atoms with Gasteiger partial charge in [-0.15, -0.1) is 11.3 Å². The number of hydrogen-bond donors (Lipinski definition) is 0. The largest absolute Gasteiger partial charge is 0.363 e. The quantitative estimate of drug-likeness (QED) is 0.703. The van der Waals surface area contributed by atoms with Crippen LogP contribution in [0.25, 0.3) is 5.57 Å². The van der Waals surface area contributed by atoms with Gasteiger partial charge in [0.2, 0.25) is 0 Å². The molecule has 0 saturated carbocycles. The molecule has 2 aliphatic rings. The molecule has 6 nitrogen and oxygen atoms in total. The van der Waals surface area contributed by atoms with Gasteiger partial charge in [0.25, 0.3) is 11.8 Å². The molecule has 146 valence electrons. The first-order valence-corrected chi connectivity index (χ1v) is 10.6. The molecule has 2 aromatic heterocycles. The lowest BCUT2D eigenvalue weighted by atomic mass is 10.1. The van der Waals surface area contributed by atoms with Crippen LogP contribution in [-0.2, 0) is 9.59 Å². The summed E-state index contributed by atoms with van der Waals surface area (Å²) in [5, 5.41) is 1.95. The molecule has 2 aliphatic heterocycles. The van der Waals surface area contributed by atoms with Crippen molar-refractivity contribution in [2.45, 2.75) is 19.8 Å². The lowest BCUT2D eigenvalue weighted by Crippen LogP contribution is -2.48. The number of carbonyl (C=O) groups is 2. The normalized spacial score (nSPS) is 17.8. The molecule has 0 N–H and O–H groups in total. The van der Waals surface area contributed by atoms with E-state index in [1.807, 2.05) is 35.7 Å². The summed E-state index contributed by atoms with van der Waals surface area (Å²) in [6.45, 7) is 5.49. The van der Waals surface area contributed by atoms with Crippen molar-refractivity contribution >= 4 is 34.5 Å². The second kappa shape index (κ2) is 8.14. The molecule has 0 spiro atoms. The number of amides is 2. The molecule has 0 aromatic carbocycles. The van der Waals surface area contributed by atoms with E-state index in [4.69, 9.17) is 0 Å². The van der Waals surface area contributed by atoms with Crippen LogP contribution >= 0.6 is 11.3 Å². The maximum Gasteiger partial charge on any atom is 0.277 e. The molecule has 0 unspecified atom stereocenters. The maximum absolute atomic E-state index is 13.2. The predicted octanol–water partition coefficient (Wildman–Crippen LogP) is 2.85. The molecular formula is C21H24N4O2S. The van der Waals surface area contributed by atoms with Crippen molar-refractivity contribution in [3.8, 4) is 0 Å². The Balaban J connectivity index is 1.59. The minimum Gasteiger partial charge on any atom is -0.363 e. The summed E-state index contributed by atoms with van der Waals surface area (Å²) in [4.78, 5) is 37.3. The van der Waals surface area contributed by atoms with Gasteiger partial charge in [-0.3, -0.25) is 14.5 Å². The van der Waals surface area contributed by atoms with Crippen LogP contribution in [-0.4, -0.2) is 59.3 Å². The molecule has 1 saturated heterocycles. The Morgan fingerprint density at radius 3 is 2.43 bits per heavy atom. The highest BCUT2D eigenvalue weighted by molar-refractivity contribution is 7.11. The molecule has 1 fully saturated rings. The zero-order chi connectivity index (χ0) is 19.5. The first kappa shape index (κ1) is 18.7. The molecule has 0 bridgehead atoms. The van der Waals surface area contributed by atoms with Gasteiger partial charge in [0.1, 0.15) is 11.5 Å². The maximum atomic E-state index is 13.2. The van der Waals surface area contributed by atoms with E-state index in [0.717, 1.165) is 36.6 Å². The number of nitrogens with zero attached hydrogens (tertiary/aromatic N) is 4. The fourth-order valence-electron chi connectivity index (χ4n) is 3.72. The van der Waals surface area contributed by atoms with Gasteiger partial charge in [0.15, 0.2) is 0 Å². The Morgan fingerprint density at radius 1 is 1.00 bits per heavy atom. The van der Waals surface area contributed by atoms with Gasteiger partial charge in [-0.25, -0.2) is 4.98 Å². The number of imide groups is 1. The third-order valence-corrected chi connectivity index (χ3v) is 6.10. The van der Waals surface area contributed by atoms with Gasteiger partial charge in [-0.05, 0) is 30.0 Å². The minimum absolute atomic E-state index is 0.145. The molecule has 0 atom stereocenters. The molecule has 0 aliphatic carbocycles. The van der Waals surface area contributed by atoms with Gasteiger partial charge >= 0.3 is 0 Å². The van der Waals surface area contributed by atoms with Crippen LogP contribution in [0.4, 0.5) is 5.82 Å². The monoisotopic (exact) mass is 396 g/mol. The summed E-state index contributed by atoms with van der Waals surface area (Å²) in [6.07, 6.45) is 3.57. The topological polar surface area (TPSA) is 56.8 Å². The fraction of sp³-hybridized carbons (Fsp3) is 0.381. The highest BCUT2D eigenvalue weighted by Gasteiger charge is 2.42. The van der Waals surface area contributed by atoms with E-state index >= 15 is 0 Å². The first-order valence-electron chi connectivity index (χ1n) is 9.76. The van der Waals surface area contributed by atoms with Crippen molar-refractivity contribution < 1.29 is 9.59 Å². The number of thiophene rings is 1. The summed E-state index contributed by atoms with van der Waals surface area (Å²) >= 11 is 1.51. The Morgan fingerprint density at radius 2 is 1.79 bits per heavy atom.